The molecule has 5 heteroatoms. The maximum atomic E-state index is 5.92. The van der Waals surface area contributed by atoms with Gasteiger partial charge in [-0.3, -0.25) is 0 Å². The summed E-state index contributed by atoms with van der Waals surface area (Å²) in [6.07, 6.45) is 0.709. The van der Waals surface area contributed by atoms with Gasteiger partial charge in [0.1, 0.15) is 24.2 Å². The Morgan fingerprint density at radius 2 is 1.96 bits per heavy atom. The average Bonchev–Trinajstić information content (AvgIpc) is 3.11. The van der Waals surface area contributed by atoms with E-state index in [2.05, 4.69) is 13.8 Å². The zero-order chi connectivity index (χ0) is 18.5. The van der Waals surface area contributed by atoms with Crippen molar-refractivity contribution in [1.29, 1.82) is 0 Å². The van der Waals surface area contributed by atoms with Gasteiger partial charge in [0.2, 0.25) is 0 Å². The Balaban J connectivity index is 1.51. The third-order valence-electron chi connectivity index (χ3n) is 4.38. The Morgan fingerprint density at radius 1 is 1.19 bits per heavy atom. The minimum Gasteiger partial charge on any atom is -0.491 e. The molecule has 1 heterocycles. The lowest BCUT2D eigenvalue weighted by Crippen LogP contribution is -2.20. The van der Waals surface area contributed by atoms with Crippen molar-refractivity contribution in [2.24, 2.45) is 0 Å². The predicted octanol–water partition coefficient (Wildman–Crippen LogP) is 5.32. The van der Waals surface area contributed by atoms with E-state index in [0.717, 1.165) is 29.0 Å². The van der Waals surface area contributed by atoms with Crippen molar-refractivity contribution < 1.29 is 18.9 Å². The number of benzene rings is 2. The molecule has 0 N–H and O–H groups in total. The van der Waals surface area contributed by atoms with E-state index in [4.69, 9.17) is 30.5 Å². The van der Waals surface area contributed by atoms with Crippen LogP contribution in [-0.4, -0.2) is 25.4 Å². The van der Waals surface area contributed by atoms with Crippen LogP contribution in [0.1, 0.15) is 37.7 Å². The van der Waals surface area contributed by atoms with E-state index < -0.39 is 0 Å². The molecule has 0 saturated carbocycles. The Hall–Kier alpha value is -1.75. The molecule has 0 bridgehead atoms. The summed E-state index contributed by atoms with van der Waals surface area (Å²) in [6, 6.07) is 13.4. The SMILES string of the molecule is CCC(C)Oc1ccc(OCC2COC(c3ccc(Cl)cc3)O2)cc1C. The maximum absolute atomic E-state index is 5.92. The third kappa shape index (κ3) is 4.91. The molecule has 2 aromatic carbocycles. The van der Waals surface area contributed by atoms with Crippen LogP contribution in [0.3, 0.4) is 0 Å². The molecule has 26 heavy (non-hydrogen) atoms. The molecule has 3 unspecified atom stereocenters. The summed E-state index contributed by atoms with van der Waals surface area (Å²) in [5.41, 5.74) is 2.02. The van der Waals surface area contributed by atoms with E-state index in [1.807, 2.05) is 49.4 Å². The van der Waals surface area contributed by atoms with Crippen LogP contribution in [0.4, 0.5) is 0 Å². The van der Waals surface area contributed by atoms with Gasteiger partial charge in [-0.05, 0) is 56.2 Å². The first-order valence-corrected chi connectivity index (χ1v) is 9.35. The Morgan fingerprint density at radius 3 is 2.65 bits per heavy atom. The number of ether oxygens (including phenoxy) is 4. The first-order chi connectivity index (χ1) is 12.5. The quantitative estimate of drug-likeness (QED) is 0.655. The van der Waals surface area contributed by atoms with Crippen LogP contribution in [0.15, 0.2) is 42.5 Å². The van der Waals surface area contributed by atoms with Crippen molar-refractivity contribution >= 4 is 11.6 Å². The third-order valence-corrected chi connectivity index (χ3v) is 4.63. The molecule has 0 spiro atoms. The second kappa shape index (κ2) is 8.76. The van der Waals surface area contributed by atoms with Crippen molar-refractivity contribution in [1.82, 2.24) is 0 Å². The van der Waals surface area contributed by atoms with Gasteiger partial charge in [0.15, 0.2) is 6.29 Å². The van der Waals surface area contributed by atoms with E-state index in [1.165, 1.54) is 0 Å². The Labute approximate surface area is 160 Å². The molecule has 2 aromatic rings. The summed E-state index contributed by atoms with van der Waals surface area (Å²) >= 11 is 5.91. The second-order valence-corrected chi connectivity index (χ2v) is 6.99. The molecule has 3 rings (SSSR count). The molecule has 0 aromatic heterocycles. The zero-order valence-electron chi connectivity index (χ0n) is 15.4. The molecule has 3 atom stereocenters. The van der Waals surface area contributed by atoms with Crippen molar-refractivity contribution in [2.45, 2.75) is 45.7 Å². The van der Waals surface area contributed by atoms with Crippen LogP contribution in [0.25, 0.3) is 0 Å². The Kier molecular flexibility index (Phi) is 6.41. The lowest BCUT2D eigenvalue weighted by atomic mass is 10.2. The number of aryl methyl sites for hydroxylation is 1. The topological polar surface area (TPSA) is 36.9 Å². The molecule has 0 radical (unpaired) electrons. The molecular formula is C21H25ClO4. The highest BCUT2D eigenvalue weighted by Crippen LogP contribution is 2.29. The molecule has 1 saturated heterocycles. The highest BCUT2D eigenvalue weighted by atomic mass is 35.5. The molecule has 4 nitrogen and oxygen atoms in total. The standard InChI is InChI=1S/C21H25ClO4/c1-4-15(3)25-20-10-9-18(11-14(20)2)23-12-19-13-24-21(26-19)16-5-7-17(22)8-6-16/h5-11,15,19,21H,4,12-13H2,1-3H3. The van der Waals surface area contributed by atoms with Gasteiger partial charge < -0.3 is 18.9 Å². The summed E-state index contributed by atoms with van der Waals surface area (Å²) in [5.74, 6) is 1.70. The Bertz CT molecular complexity index is 716. The van der Waals surface area contributed by atoms with Gasteiger partial charge in [0, 0.05) is 10.6 Å². The first kappa shape index (κ1) is 19.0. The van der Waals surface area contributed by atoms with Crippen molar-refractivity contribution in [3.8, 4) is 11.5 Å². The van der Waals surface area contributed by atoms with Gasteiger partial charge in [-0.2, -0.15) is 0 Å². The van der Waals surface area contributed by atoms with Crippen LogP contribution in [0, 0.1) is 6.92 Å². The number of hydrogen-bond donors (Lipinski definition) is 0. The fourth-order valence-corrected chi connectivity index (χ4v) is 2.79. The monoisotopic (exact) mass is 376 g/mol. The molecule has 1 aliphatic heterocycles. The molecule has 140 valence electrons. The van der Waals surface area contributed by atoms with Crippen LogP contribution >= 0.6 is 11.6 Å². The van der Waals surface area contributed by atoms with E-state index in [-0.39, 0.29) is 18.5 Å². The van der Waals surface area contributed by atoms with Gasteiger partial charge in [0.25, 0.3) is 0 Å². The molecule has 1 aliphatic rings. The van der Waals surface area contributed by atoms with Crippen LogP contribution in [-0.2, 0) is 9.47 Å². The summed E-state index contributed by atoms with van der Waals surface area (Å²) in [5, 5.41) is 0.697. The lowest BCUT2D eigenvalue weighted by Gasteiger charge is -2.16. The van der Waals surface area contributed by atoms with Gasteiger partial charge in [-0.1, -0.05) is 30.7 Å². The van der Waals surface area contributed by atoms with E-state index in [9.17, 15) is 0 Å². The van der Waals surface area contributed by atoms with E-state index in [0.29, 0.717) is 18.2 Å². The van der Waals surface area contributed by atoms with E-state index >= 15 is 0 Å². The van der Waals surface area contributed by atoms with Gasteiger partial charge in [-0.15, -0.1) is 0 Å². The predicted molar refractivity (Wildman–Crippen MR) is 102 cm³/mol. The van der Waals surface area contributed by atoms with Crippen molar-refractivity contribution in [3.63, 3.8) is 0 Å². The smallest absolute Gasteiger partial charge is 0.184 e. The van der Waals surface area contributed by atoms with E-state index in [1.54, 1.807) is 0 Å². The zero-order valence-corrected chi connectivity index (χ0v) is 16.2. The lowest BCUT2D eigenvalue weighted by molar-refractivity contribution is -0.0659. The van der Waals surface area contributed by atoms with Gasteiger partial charge in [-0.25, -0.2) is 0 Å². The minimum atomic E-state index is -0.367. The summed E-state index contributed by atoms with van der Waals surface area (Å²) in [6.45, 7) is 7.14. The molecule has 1 fully saturated rings. The molecule has 0 amide bonds. The normalized spacial score (nSPS) is 20.8. The number of halogens is 1. The van der Waals surface area contributed by atoms with Crippen LogP contribution in [0.2, 0.25) is 5.02 Å². The molecule has 0 aliphatic carbocycles. The minimum absolute atomic E-state index is 0.105. The first-order valence-electron chi connectivity index (χ1n) is 8.97. The fraction of sp³-hybridized carbons (Fsp3) is 0.429. The van der Waals surface area contributed by atoms with Crippen LogP contribution in [0.5, 0.6) is 11.5 Å². The van der Waals surface area contributed by atoms with Crippen molar-refractivity contribution in [3.05, 3.63) is 58.6 Å². The van der Waals surface area contributed by atoms with Crippen molar-refractivity contribution in [2.75, 3.05) is 13.2 Å². The van der Waals surface area contributed by atoms with Gasteiger partial charge >= 0.3 is 0 Å². The van der Waals surface area contributed by atoms with Crippen LogP contribution < -0.4 is 9.47 Å². The average molecular weight is 377 g/mol. The molecular weight excluding hydrogens is 352 g/mol. The number of rotatable bonds is 7. The summed E-state index contributed by atoms with van der Waals surface area (Å²) in [4.78, 5) is 0. The summed E-state index contributed by atoms with van der Waals surface area (Å²) < 4.78 is 23.4. The van der Waals surface area contributed by atoms with Gasteiger partial charge in [0.05, 0.1) is 12.7 Å². The largest absolute Gasteiger partial charge is 0.491 e. The highest BCUT2D eigenvalue weighted by molar-refractivity contribution is 6.30. The summed E-state index contributed by atoms with van der Waals surface area (Å²) in [7, 11) is 0. The fourth-order valence-electron chi connectivity index (χ4n) is 2.66. The maximum Gasteiger partial charge on any atom is 0.184 e. The highest BCUT2D eigenvalue weighted by Gasteiger charge is 2.27. The second-order valence-electron chi connectivity index (χ2n) is 6.55. The number of hydrogen-bond acceptors (Lipinski definition) is 4.